The van der Waals surface area contributed by atoms with Crippen molar-refractivity contribution in [2.75, 3.05) is 12.4 Å². The Balaban J connectivity index is 1.44. The molecule has 24 heavy (non-hydrogen) atoms. The Morgan fingerprint density at radius 2 is 2.12 bits per heavy atom. The number of carbonyl (C=O) groups excluding carboxylic acids is 1. The van der Waals surface area contributed by atoms with Crippen molar-refractivity contribution in [3.63, 3.8) is 0 Å². The van der Waals surface area contributed by atoms with Gasteiger partial charge in [0.1, 0.15) is 11.6 Å². The van der Waals surface area contributed by atoms with Gasteiger partial charge in [0, 0.05) is 12.0 Å². The van der Waals surface area contributed by atoms with Crippen molar-refractivity contribution in [1.29, 1.82) is 0 Å². The Bertz CT molecular complexity index is 821. The van der Waals surface area contributed by atoms with Crippen LogP contribution in [0.25, 0.3) is 0 Å². The predicted octanol–water partition coefficient (Wildman–Crippen LogP) is 3.60. The Hall–Kier alpha value is -2.56. The number of rotatable bonds is 3. The molecule has 2 aromatic carbocycles. The molecule has 0 heterocycles. The van der Waals surface area contributed by atoms with Crippen molar-refractivity contribution in [2.24, 2.45) is 5.92 Å². The van der Waals surface area contributed by atoms with E-state index in [0.29, 0.717) is 23.3 Å². The first-order chi connectivity index (χ1) is 11.6. The Morgan fingerprint density at radius 1 is 1.29 bits per heavy atom. The van der Waals surface area contributed by atoms with Crippen molar-refractivity contribution in [2.45, 2.75) is 25.3 Å². The highest BCUT2D eigenvalue weighted by Crippen LogP contribution is 2.56. The second kappa shape index (κ2) is 5.51. The highest BCUT2D eigenvalue weighted by molar-refractivity contribution is 5.92. The van der Waals surface area contributed by atoms with Crippen LogP contribution in [0.4, 0.5) is 14.9 Å². The van der Waals surface area contributed by atoms with E-state index in [4.69, 9.17) is 4.74 Å². The minimum absolute atomic E-state index is 0.123. The standard InChI is InChI=1S/C19H19FN2O2/c1-10-4-3-5-15(24-2)17(10)21-19(23)22-18-14-9-11-8-12(20)6-7-13(11)16(14)18/h3-8,14,16,18H,9H2,1-2H3,(H2,21,22,23). The molecule has 3 unspecified atom stereocenters. The van der Waals surface area contributed by atoms with Crippen molar-refractivity contribution >= 4 is 11.7 Å². The average Bonchev–Trinajstić information content (AvgIpc) is 3.06. The number of carbonyl (C=O) groups is 1. The highest BCUT2D eigenvalue weighted by atomic mass is 19.1. The summed E-state index contributed by atoms with van der Waals surface area (Å²) in [4.78, 5) is 12.3. The first kappa shape index (κ1) is 15.0. The molecule has 0 bridgehead atoms. The summed E-state index contributed by atoms with van der Waals surface area (Å²) in [7, 11) is 1.58. The maximum Gasteiger partial charge on any atom is 0.319 e. The van der Waals surface area contributed by atoms with Gasteiger partial charge in [0.05, 0.1) is 12.8 Å². The Kier molecular flexibility index (Phi) is 3.44. The summed E-state index contributed by atoms with van der Waals surface area (Å²) in [5.74, 6) is 1.14. The normalized spacial score (nSPS) is 23.2. The van der Waals surface area contributed by atoms with Crippen LogP contribution < -0.4 is 15.4 Å². The molecule has 0 saturated heterocycles. The molecule has 0 spiro atoms. The van der Waals surface area contributed by atoms with Gasteiger partial charge in [-0.25, -0.2) is 9.18 Å². The number of hydrogen-bond donors (Lipinski definition) is 2. The predicted molar refractivity (Wildman–Crippen MR) is 90.0 cm³/mol. The van der Waals surface area contributed by atoms with E-state index < -0.39 is 0 Å². The number of halogens is 1. The monoisotopic (exact) mass is 326 g/mol. The lowest BCUT2D eigenvalue weighted by Gasteiger charge is -2.14. The van der Waals surface area contributed by atoms with E-state index in [1.807, 2.05) is 31.2 Å². The van der Waals surface area contributed by atoms with Crippen LogP contribution in [0.15, 0.2) is 36.4 Å². The Labute approximate surface area is 140 Å². The number of amides is 2. The summed E-state index contributed by atoms with van der Waals surface area (Å²) >= 11 is 0. The molecule has 124 valence electrons. The van der Waals surface area contributed by atoms with Crippen molar-refractivity contribution in [1.82, 2.24) is 5.32 Å². The number of ether oxygens (including phenoxy) is 1. The number of benzene rings is 2. The van der Waals surface area contributed by atoms with Crippen LogP contribution >= 0.6 is 0 Å². The highest BCUT2D eigenvalue weighted by Gasteiger charge is 2.56. The lowest BCUT2D eigenvalue weighted by molar-refractivity contribution is 0.251. The smallest absolute Gasteiger partial charge is 0.319 e. The molecule has 4 rings (SSSR count). The van der Waals surface area contributed by atoms with Gasteiger partial charge < -0.3 is 15.4 Å². The largest absolute Gasteiger partial charge is 0.495 e. The number of hydrogen-bond acceptors (Lipinski definition) is 2. The lowest BCUT2D eigenvalue weighted by atomic mass is 10.0. The zero-order valence-electron chi connectivity index (χ0n) is 13.6. The summed E-state index contributed by atoms with van der Waals surface area (Å²) < 4.78 is 18.6. The van der Waals surface area contributed by atoms with Gasteiger partial charge in [-0.1, -0.05) is 18.2 Å². The number of fused-ring (bicyclic) bond motifs is 3. The second-order valence-electron chi connectivity index (χ2n) is 6.51. The third kappa shape index (κ3) is 2.40. The molecule has 2 amide bonds. The van der Waals surface area contributed by atoms with Gasteiger partial charge in [-0.2, -0.15) is 0 Å². The molecule has 2 aliphatic carbocycles. The topological polar surface area (TPSA) is 50.4 Å². The fraction of sp³-hybridized carbons (Fsp3) is 0.316. The third-order valence-corrected chi connectivity index (χ3v) is 5.08. The minimum Gasteiger partial charge on any atom is -0.495 e. The quantitative estimate of drug-likeness (QED) is 0.905. The molecular formula is C19H19FN2O2. The minimum atomic E-state index is -0.231. The molecule has 0 radical (unpaired) electrons. The molecule has 1 fully saturated rings. The van der Waals surface area contributed by atoms with Crippen LogP contribution in [0, 0.1) is 18.7 Å². The van der Waals surface area contributed by atoms with E-state index in [1.165, 1.54) is 11.6 Å². The van der Waals surface area contributed by atoms with Gasteiger partial charge in [0.25, 0.3) is 0 Å². The molecule has 2 N–H and O–H groups in total. The van der Waals surface area contributed by atoms with Crippen LogP contribution in [-0.4, -0.2) is 19.2 Å². The molecule has 2 aromatic rings. The van der Waals surface area contributed by atoms with Gasteiger partial charge in [0.15, 0.2) is 0 Å². The molecule has 3 atom stereocenters. The first-order valence-electron chi connectivity index (χ1n) is 8.08. The van der Waals surface area contributed by atoms with Crippen molar-refractivity contribution in [3.05, 3.63) is 58.9 Å². The van der Waals surface area contributed by atoms with Crippen LogP contribution in [-0.2, 0) is 6.42 Å². The number of nitrogens with one attached hydrogen (secondary N) is 2. The molecule has 1 saturated carbocycles. The van der Waals surface area contributed by atoms with Gasteiger partial charge in [-0.15, -0.1) is 0 Å². The van der Waals surface area contributed by atoms with Crippen LogP contribution in [0.2, 0.25) is 0 Å². The maximum atomic E-state index is 13.3. The van der Waals surface area contributed by atoms with E-state index in [9.17, 15) is 9.18 Å². The molecule has 0 aliphatic heterocycles. The summed E-state index contributed by atoms with van der Waals surface area (Å²) in [6.07, 6.45) is 0.830. The zero-order chi connectivity index (χ0) is 16.8. The van der Waals surface area contributed by atoms with Gasteiger partial charge in [0.2, 0.25) is 0 Å². The number of methoxy groups -OCH3 is 1. The summed E-state index contributed by atoms with van der Waals surface area (Å²) in [5.41, 5.74) is 3.87. The molecule has 4 nitrogen and oxygen atoms in total. The lowest BCUT2D eigenvalue weighted by Crippen LogP contribution is -2.33. The average molecular weight is 326 g/mol. The van der Waals surface area contributed by atoms with E-state index in [2.05, 4.69) is 10.6 Å². The van der Waals surface area contributed by atoms with E-state index in [1.54, 1.807) is 13.2 Å². The van der Waals surface area contributed by atoms with E-state index in [0.717, 1.165) is 17.5 Å². The van der Waals surface area contributed by atoms with Crippen LogP contribution in [0.3, 0.4) is 0 Å². The van der Waals surface area contributed by atoms with E-state index >= 15 is 0 Å². The maximum absolute atomic E-state index is 13.3. The SMILES string of the molecule is COc1cccc(C)c1NC(=O)NC1C2Cc3cc(F)ccc3C21. The first-order valence-corrected chi connectivity index (χ1v) is 8.08. The number of urea groups is 1. The Morgan fingerprint density at radius 3 is 2.92 bits per heavy atom. The molecular weight excluding hydrogens is 307 g/mol. The molecule has 5 heteroatoms. The van der Waals surface area contributed by atoms with Gasteiger partial charge in [-0.05, 0) is 54.2 Å². The van der Waals surface area contributed by atoms with Crippen LogP contribution in [0.1, 0.15) is 22.6 Å². The van der Waals surface area contributed by atoms with Crippen molar-refractivity contribution < 1.29 is 13.9 Å². The second-order valence-corrected chi connectivity index (χ2v) is 6.51. The molecule has 2 aliphatic rings. The third-order valence-electron chi connectivity index (χ3n) is 5.08. The van der Waals surface area contributed by atoms with Crippen LogP contribution in [0.5, 0.6) is 5.75 Å². The van der Waals surface area contributed by atoms with E-state index in [-0.39, 0.29) is 17.9 Å². The van der Waals surface area contributed by atoms with Gasteiger partial charge in [-0.3, -0.25) is 0 Å². The summed E-state index contributed by atoms with van der Waals surface area (Å²) in [5, 5.41) is 5.93. The number of anilines is 1. The number of para-hydroxylation sites is 1. The summed E-state index contributed by atoms with van der Waals surface area (Å²) in [6.45, 7) is 1.93. The fourth-order valence-electron chi connectivity index (χ4n) is 3.85. The van der Waals surface area contributed by atoms with Gasteiger partial charge >= 0.3 is 6.03 Å². The zero-order valence-corrected chi connectivity index (χ0v) is 13.6. The fourth-order valence-corrected chi connectivity index (χ4v) is 3.85. The molecule has 0 aromatic heterocycles. The summed E-state index contributed by atoms with van der Waals surface area (Å²) in [6, 6.07) is 10.5. The van der Waals surface area contributed by atoms with Crippen molar-refractivity contribution in [3.8, 4) is 5.75 Å². The number of aryl methyl sites for hydroxylation is 1.